The molecule has 1 fully saturated rings. The van der Waals surface area contributed by atoms with Crippen LogP contribution < -0.4 is 0 Å². The summed E-state index contributed by atoms with van der Waals surface area (Å²) in [6, 6.07) is 11.8. The highest BCUT2D eigenvalue weighted by Gasteiger charge is 2.27. The zero-order valence-electron chi connectivity index (χ0n) is 16.0. The van der Waals surface area contributed by atoms with E-state index >= 15 is 0 Å². The number of hydrogen-bond donors (Lipinski definition) is 0. The first-order valence-electron chi connectivity index (χ1n) is 9.45. The van der Waals surface area contributed by atoms with Crippen LogP contribution >= 0.6 is 0 Å². The molecule has 3 heterocycles. The van der Waals surface area contributed by atoms with Crippen LogP contribution in [-0.4, -0.2) is 34.0 Å². The lowest BCUT2D eigenvalue weighted by molar-refractivity contribution is 0.0786. The Balaban J connectivity index is 1.45. The highest BCUT2D eigenvalue weighted by Crippen LogP contribution is 2.27. The molecule has 1 amide bonds. The van der Waals surface area contributed by atoms with Crippen LogP contribution in [0.1, 0.15) is 33.9 Å². The topological polar surface area (TPSA) is 59.2 Å². The number of aromatic nitrogens is 2. The standard InChI is InChI=1S/C22H22FN3O2/c1-14-21(15(2)28-25-14)20-8-4-7-19(24-20)11-16-9-10-26(13-16)22(27)17-5-3-6-18(23)12-17/h3-8,12,16H,9-11,13H2,1-2H3/t16-/m0/s1. The molecule has 144 valence electrons. The van der Waals surface area contributed by atoms with Crippen molar-refractivity contribution in [3.63, 3.8) is 0 Å². The average molecular weight is 379 g/mol. The van der Waals surface area contributed by atoms with Crippen LogP contribution in [0.2, 0.25) is 0 Å². The second-order valence-corrected chi connectivity index (χ2v) is 7.33. The quantitative estimate of drug-likeness (QED) is 0.682. The first kappa shape index (κ1) is 18.3. The van der Waals surface area contributed by atoms with E-state index in [1.165, 1.54) is 12.1 Å². The van der Waals surface area contributed by atoms with Crippen molar-refractivity contribution in [2.75, 3.05) is 13.1 Å². The predicted octanol–water partition coefficient (Wildman–Crippen LogP) is 4.20. The molecule has 1 atom stereocenters. The third-order valence-corrected chi connectivity index (χ3v) is 5.24. The fourth-order valence-electron chi connectivity index (χ4n) is 3.86. The summed E-state index contributed by atoms with van der Waals surface area (Å²) in [5.74, 6) is 0.598. The number of nitrogens with zero attached hydrogens (tertiary/aromatic N) is 3. The van der Waals surface area contributed by atoms with E-state index in [2.05, 4.69) is 5.16 Å². The summed E-state index contributed by atoms with van der Waals surface area (Å²) in [5, 5.41) is 4.00. The molecule has 0 aliphatic carbocycles. The van der Waals surface area contributed by atoms with E-state index in [0.717, 1.165) is 41.2 Å². The molecule has 1 saturated heterocycles. The Kier molecular flexibility index (Phi) is 4.94. The molecule has 2 aromatic heterocycles. The molecule has 1 aliphatic rings. The Labute approximate surface area is 163 Å². The molecule has 0 saturated carbocycles. The van der Waals surface area contributed by atoms with Crippen LogP contribution in [-0.2, 0) is 6.42 Å². The average Bonchev–Trinajstić information content (AvgIpc) is 3.28. The summed E-state index contributed by atoms with van der Waals surface area (Å²) in [4.78, 5) is 19.2. The SMILES string of the molecule is Cc1noc(C)c1-c1cccc(C[C@@H]2CCN(C(=O)c3cccc(F)c3)C2)n1. The number of carbonyl (C=O) groups is 1. The van der Waals surface area contributed by atoms with Crippen molar-refractivity contribution in [2.45, 2.75) is 26.7 Å². The van der Waals surface area contributed by atoms with Gasteiger partial charge in [-0.25, -0.2) is 4.39 Å². The maximum Gasteiger partial charge on any atom is 0.253 e. The van der Waals surface area contributed by atoms with Gasteiger partial charge < -0.3 is 9.42 Å². The molecular weight excluding hydrogens is 357 g/mol. The Morgan fingerprint density at radius 3 is 2.82 bits per heavy atom. The smallest absolute Gasteiger partial charge is 0.253 e. The Morgan fingerprint density at radius 1 is 1.25 bits per heavy atom. The van der Waals surface area contributed by atoms with Crippen LogP contribution in [0.5, 0.6) is 0 Å². The van der Waals surface area contributed by atoms with Crippen molar-refractivity contribution in [1.29, 1.82) is 0 Å². The molecule has 6 heteroatoms. The van der Waals surface area contributed by atoms with E-state index in [-0.39, 0.29) is 11.7 Å². The van der Waals surface area contributed by atoms with Gasteiger partial charge in [-0.05, 0) is 62.9 Å². The predicted molar refractivity (Wildman–Crippen MR) is 103 cm³/mol. The van der Waals surface area contributed by atoms with Crippen molar-refractivity contribution in [1.82, 2.24) is 15.0 Å². The number of halogens is 1. The second kappa shape index (κ2) is 7.54. The van der Waals surface area contributed by atoms with E-state index in [9.17, 15) is 9.18 Å². The van der Waals surface area contributed by atoms with E-state index in [4.69, 9.17) is 9.51 Å². The third kappa shape index (κ3) is 3.67. The van der Waals surface area contributed by atoms with Crippen LogP contribution in [0.3, 0.4) is 0 Å². The molecule has 1 aromatic carbocycles. The summed E-state index contributed by atoms with van der Waals surface area (Å²) in [6.07, 6.45) is 1.71. The summed E-state index contributed by atoms with van der Waals surface area (Å²) >= 11 is 0. The molecule has 28 heavy (non-hydrogen) atoms. The first-order chi connectivity index (χ1) is 13.5. The minimum atomic E-state index is -0.387. The lowest BCUT2D eigenvalue weighted by atomic mass is 10.0. The number of carbonyl (C=O) groups excluding carboxylic acids is 1. The minimum absolute atomic E-state index is 0.112. The third-order valence-electron chi connectivity index (χ3n) is 5.24. The van der Waals surface area contributed by atoms with Gasteiger partial charge in [0, 0.05) is 24.3 Å². The molecule has 4 rings (SSSR count). The number of benzene rings is 1. The first-order valence-corrected chi connectivity index (χ1v) is 9.45. The van der Waals surface area contributed by atoms with Gasteiger partial charge in [0.05, 0.1) is 17.0 Å². The van der Waals surface area contributed by atoms with Gasteiger partial charge in [0.1, 0.15) is 11.6 Å². The van der Waals surface area contributed by atoms with Crippen molar-refractivity contribution >= 4 is 5.91 Å². The van der Waals surface area contributed by atoms with Crippen LogP contribution in [0.25, 0.3) is 11.3 Å². The second-order valence-electron chi connectivity index (χ2n) is 7.33. The molecule has 1 aliphatic heterocycles. The minimum Gasteiger partial charge on any atom is -0.361 e. The number of pyridine rings is 1. The van der Waals surface area contributed by atoms with Gasteiger partial charge in [-0.3, -0.25) is 9.78 Å². The van der Waals surface area contributed by atoms with Crippen molar-refractivity contribution in [3.8, 4) is 11.3 Å². The lowest BCUT2D eigenvalue weighted by Crippen LogP contribution is -2.29. The van der Waals surface area contributed by atoms with E-state index in [1.54, 1.807) is 17.0 Å². The molecule has 3 aromatic rings. The van der Waals surface area contributed by atoms with Crippen molar-refractivity contribution in [3.05, 3.63) is 71.0 Å². The number of aryl methyl sites for hydroxylation is 2. The monoisotopic (exact) mass is 379 g/mol. The molecule has 0 unspecified atom stereocenters. The molecule has 0 radical (unpaired) electrons. The van der Waals surface area contributed by atoms with E-state index in [0.29, 0.717) is 24.6 Å². The van der Waals surface area contributed by atoms with Gasteiger partial charge in [-0.1, -0.05) is 17.3 Å². The zero-order valence-corrected chi connectivity index (χ0v) is 16.0. The van der Waals surface area contributed by atoms with Crippen LogP contribution in [0, 0.1) is 25.6 Å². The Bertz CT molecular complexity index is 995. The van der Waals surface area contributed by atoms with Gasteiger partial charge in [0.15, 0.2) is 0 Å². The fourth-order valence-corrected chi connectivity index (χ4v) is 3.86. The summed E-state index contributed by atoms with van der Waals surface area (Å²) in [6.45, 7) is 5.14. The maximum absolute atomic E-state index is 13.4. The maximum atomic E-state index is 13.4. The Morgan fingerprint density at radius 2 is 2.07 bits per heavy atom. The highest BCUT2D eigenvalue weighted by molar-refractivity contribution is 5.94. The van der Waals surface area contributed by atoms with Crippen LogP contribution in [0.15, 0.2) is 47.0 Å². The van der Waals surface area contributed by atoms with Gasteiger partial charge in [0.2, 0.25) is 0 Å². The largest absolute Gasteiger partial charge is 0.361 e. The normalized spacial score (nSPS) is 16.5. The van der Waals surface area contributed by atoms with Gasteiger partial charge >= 0.3 is 0 Å². The van der Waals surface area contributed by atoms with Crippen molar-refractivity contribution in [2.24, 2.45) is 5.92 Å². The summed E-state index contributed by atoms with van der Waals surface area (Å²) in [5.41, 5.74) is 4.02. The molecule has 0 N–H and O–H groups in total. The van der Waals surface area contributed by atoms with Crippen LogP contribution in [0.4, 0.5) is 4.39 Å². The molecule has 0 bridgehead atoms. The van der Waals surface area contributed by atoms with Crippen molar-refractivity contribution < 1.29 is 13.7 Å². The number of amides is 1. The van der Waals surface area contributed by atoms with E-state index in [1.807, 2.05) is 32.0 Å². The van der Waals surface area contributed by atoms with E-state index < -0.39 is 0 Å². The molecule has 0 spiro atoms. The Hall–Kier alpha value is -3.02. The van der Waals surface area contributed by atoms with Gasteiger partial charge in [-0.2, -0.15) is 0 Å². The van der Waals surface area contributed by atoms with Gasteiger partial charge in [0.25, 0.3) is 5.91 Å². The zero-order chi connectivity index (χ0) is 19.7. The number of likely N-dealkylation sites (tertiary alicyclic amines) is 1. The summed E-state index contributed by atoms with van der Waals surface area (Å²) < 4.78 is 18.7. The number of hydrogen-bond acceptors (Lipinski definition) is 4. The summed E-state index contributed by atoms with van der Waals surface area (Å²) in [7, 11) is 0. The van der Waals surface area contributed by atoms with Gasteiger partial charge in [-0.15, -0.1) is 0 Å². The molecule has 5 nitrogen and oxygen atoms in total. The fraction of sp³-hybridized carbons (Fsp3) is 0.318. The highest BCUT2D eigenvalue weighted by atomic mass is 19.1. The molecular formula is C22H22FN3O2. The lowest BCUT2D eigenvalue weighted by Gasteiger charge is -2.16. The number of rotatable bonds is 4.